The lowest BCUT2D eigenvalue weighted by atomic mass is 9.93. The number of fused-ring (bicyclic) bond motifs is 2. The number of aromatic nitrogens is 3. The van der Waals surface area contributed by atoms with Gasteiger partial charge in [-0.3, -0.25) is 14.4 Å². The summed E-state index contributed by atoms with van der Waals surface area (Å²) in [6.07, 6.45) is -1.51. The molecule has 3 heterocycles. The summed E-state index contributed by atoms with van der Waals surface area (Å²) < 4.78 is 48.5. The van der Waals surface area contributed by atoms with E-state index in [2.05, 4.69) is 20.7 Å². The van der Waals surface area contributed by atoms with Gasteiger partial charge in [-0.25, -0.2) is 14.7 Å². The van der Waals surface area contributed by atoms with E-state index in [1.165, 1.54) is 26.0 Å². The number of hydrogen-bond acceptors (Lipinski definition) is 7. The zero-order valence-corrected chi connectivity index (χ0v) is 32.9. The fraction of sp³-hybridized carbons (Fsp3) is 0.267. The van der Waals surface area contributed by atoms with E-state index in [4.69, 9.17) is 23.1 Å². The van der Waals surface area contributed by atoms with Crippen molar-refractivity contribution in [3.8, 4) is 6.07 Å². The summed E-state index contributed by atoms with van der Waals surface area (Å²) in [6.45, 7) is 22.3. The summed E-state index contributed by atoms with van der Waals surface area (Å²) in [5, 5.41) is 20.7. The number of benzene rings is 3. The number of pyridine rings is 1. The average molecular weight is 801 g/mol. The third kappa shape index (κ3) is 10.1. The molecule has 3 aromatic heterocycles. The van der Waals surface area contributed by atoms with Gasteiger partial charge in [-0.2, -0.15) is 18.4 Å². The van der Waals surface area contributed by atoms with Gasteiger partial charge in [-0.1, -0.05) is 48.0 Å². The number of ketones is 2. The first kappa shape index (κ1) is 43.1. The Bertz CT molecular complexity index is 2730. The molecule has 0 aliphatic rings. The molecule has 0 aliphatic heterocycles. The Morgan fingerprint density at radius 1 is 0.814 bits per heavy atom. The van der Waals surface area contributed by atoms with Gasteiger partial charge in [0.15, 0.2) is 28.5 Å². The number of alkyl halides is 3. The molecule has 0 aliphatic carbocycles. The lowest BCUT2D eigenvalue weighted by molar-refractivity contribution is -0.165. The summed E-state index contributed by atoms with van der Waals surface area (Å²) >= 11 is 0. The lowest BCUT2D eigenvalue weighted by Gasteiger charge is -2.29. The highest BCUT2D eigenvalue weighted by Crippen LogP contribution is 2.37. The molecule has 0 unspecified atom stereocenters. The minimum absolute atomic E-state index is 0.0534. The molecule has 0 radical (unpaired) electrons. The van der Waals surface area contributed by atoms with E-state index >= 15 is 0 Å². The molecule has 3 aromatic carbocycles. The van der Waals surface area contributed by atoms with Crippen molar-refractivity contribution in [3.05, 3.63) is 148 Å². The van der Waals surface area contributed by atoms with Crippen LogP contribution in [-0.4, -0.2) is 48.0 Å². The monoisotopic (exact) mass is 800 g/mol. The van der Waals surface area contributed by atoms with E-state index in [1.54, 1.807) is 42.0 Å². The van der Waals surface area contributed by atoms with Gasteiger partial charge in [0.2, 0.25) is 0 Å². The second kappa shape index (κ2) is 17.2. The van der Waals surface area contributed by atoms with Crippen molar-refractivity contribution in [3.63, 3.8) is 0 Å². The second-order valence-corrected chi connectivity index (χ2v) is 14.7. The number of aryl methyl sites for hydroxylation is 2. The van der Waals surface area contributed by atoms with Crippen LogP contribution in [0.1, 0.15) is 54.3 Å². The molecule has 2 atom stereocenters. The number of nitrogens with zero attached hydrogens (tertiary/aromatic N) is 6. The highest BCUT2D eigenvalue weighted by molar-refractivity contribution is 5.91. The fourth-order valence-corrected chi connectivity index (χ4v) is 6.69. The number of carbonyl (C=O) groups is 3. The van der Waals surface area contributed by atoms with Gasteiger partial charge in [0, 0.05) is 37.7 Å². The maximum absolute atomic E-state index is 13.2. The van der Waals surface area contributed by atoms with Gasteiger partial charge < -0.3 is 19.0 Å². The molecule has 6 rings (SSSR count). The second-order valence-electron chi connectivity index (χ2n) is 14.7. The van der Waals surface area contributed by atoms with Crippen LogP contribution in [0.5, 0.6) is 0 Å². The van der Waals surface area contributed by atoms with Crippen LogP contribution in [0, 0.1) is 38.3 Å². The predicted molar refractivity (Wildman–Crippen MR) is 214 cm³/mol. The Hall–Kier alpha value is -7.08. The number of hydrogen-bond donors (Lipinski definition) is 1. The fourth-order valence-electron chi connectivity index (χ4n) is 6.69. The van der Waals surface area contributed by atoms with Crippen LogP contribution in [0.3, 0.4) is 0 Å². The largest absolute Gasteiger partial charge is 0.450 e. The van der Waals surface area contributed by atoms with Crippen LogP contribution in [0.2, 0.25) is 0 Å². The van der Waals surface area contributed by atoms with Crippen molar-refractivity contribution in [2.45, 2.75) is 77.9 Å². The van der Waals surface area contributed by atoms with Crippen molar-refractivity contribution in [1.29, 1.82) is 5.26 Å². The third-order valence-corrected chi connectivity index (χ3v) is 9.77. The number of esters is 1. The molecule has 0 bridgehead atoms. The van der Waals surface area contributed by atoms with Crippen molar-refractivity contribution in [1.82, 2.24) is 14.1 Å². The molecular weight excluding hydrogens is 762 g/mol. The van der Waals surface area contributed by atoms with Crippen molar-refractivity contribution in [2.24, 2.45) is 0 Å². The van der Waals surface area contributed by atoms with Gasteiger partial charge in [0.05, 0.1) is 42.8 Å². The number of carbonyl (C=O) groups excluding carboxylic acids is 3. The SMILES string of the molecule is [C-]#[N+]c1ccc(CC(=O)[C@@](C)(O)Cn2ccc3nc(C#N)ccc32)cc1C(F)(F)F.[C-]#[N+]c1ccc(CC(=O)[C@](C)(Cn2ccc3cc(C)ccc32)OC(C)=O)cc1C. The van der Waals surface area contributed by atoms with Crippen LogP contribution < -0.4 is 0 Å². The van der Waals surface area contributed by atoms with Gasteiger partial charge >= 0.3 is 12.1 Å². The standard InChI is InChI=1S/C24H24N2O3.C21H15F3N4O2/c1-16-6-9-22-20(12-16)10-11-26(22)15-24(4,29-18(3)27)23(28)14-19-7-8-21(25-5)17(2)13-19;1-20(30,12-28-8-7-17-18(28)6-4-14(11-25)27-17)19(29)10-13-3-5-16(26-2)15(9-13)21(22,23)24/h6-13H,14-15H2,1-4H3;3-9,30H,10,12H2,1H3/t24-;20-/m00/s1. The number of rotatable bonds is 11. The molecule has 1 N–H and O–H groups in total. The number of nitriles is 1. The van der Waals surface area contributed by atoms with Gasteiger partial charge in [0.25, 0.3) is 0 Å². The molecule has 0 fully saturated rings. The van der Waals surface area contributed by atoms with Gasteiger partial charge in [0.1, 0.15) is 17.4 Å². The first-order chi connectivity index (χ1) is 27.8. The van der Waals surface area contributed by atoms with E-state index in [1.807, 2.05) is 54.9 Å². The Kier molecular flexibility index (Phi) is 12.5. The Labute approximate surface area is 338 Å². The molecule has 0 saturated carbocycles. The minimum atomic E-state index is -4.72. The molecule has 59 heavy (non-hydrogen) atoms. The number of Topliss-reactive ketones (excluding diaryl/α,β-unsaturated/α-hetero) is 2. The topological polar surface area (TPSA) is 136 Å². The van der Waals surface area contributed by atoms with Crippen LogP contribution >= 0.6 is 0 Å². The van der Waals surface area contributed by atoms with E-state index in [-0.39, 0.29) is 36.6 Å². The first-order valence-electron chi connectivity index (χ1n) is 18.2. The maximum atomic E-state index is 13.2. The van der Waals surface area contributed by atoms with Crippen LogP contribution in [0.25, 0.3) is 31.6 Å². The zero-order chi connectivity index (χ0) is 43.3. The van der Waals surface area contributed by atoms with Gasteiger partial charge in [-0.15, -0.1) is 0 Å². The summed E-state index contributed by atoms with van der Waals surface area (Å²) in [7, 11) is 0. The molecular formula is C45H39F3N6O5. The summed E-state index contributed by atoms with van der Waals surface area (Å²) in [4.78, 5) is 48.1. The van der Waals surface area contributed by atoms with E-state index in [9.17, 15) is 32.7 Å². The molecule has 0 saturated heterocycles. The normalized spacial score (nSPS) is 13.2. The van der Waals surface area contributed by atoms with E-state index in [0.717, 1.165) is 39.7 Å². The van der Waals surface area contributed by atoms with E-state index < -0.39 is 46.8 Å². The first-order valence-corrected chi connectivity index (χ1v) is 18.2. The Balaban J connectivity index is 0.000000224. The molecule has 0 amide bonds. The zero-order valence-electron chi connectivity index (χ0n) is 32.9. The molecule has 11 nitrogen and oxygen atoms in total. The van der Waals surface area contributed by atoms with Crippen molar-refractivity contribution < 1.29 is 37.4 Å². The Morgan fingerprint density at radius 3 is 2.05 bits per heavy atom. The van der Waals surface area contributed by atoms with Crippen molar-refractivity contribution in [2.75, 3.05) is 0 Å². The molecule has 0 spiro atoms. The molecule has 300 valence electrons. The number of ether oxygens (including phenoxy) is 1. The third-order valence-electron chi connectivity index (χ3n) is 9.77. The van der Waals surface area contributed by atoms with Gasteiger partial charge in [-0.05, 0) is 86.2 Å². The highest BCUT2D eigenvalue weighted by atomic mass is 19.4. The smallest absolute Gasteiger partial charge is 0.407 e. The molecule has 6 aromatic rings. The quantitative estimate of drug-likeness (QED) is 0.102. The highest BCUT2D eigenvalue weighted by Gasteiger charge is 2.38. The minimum Gasteiger partial charge on any atom is -0.450 e. The Morgan fingerprint density at radius 2 is 1.42 bits per heavy atom. The lowest BCUT2D eigenvalue weighted by Crippen LogP contribution is -2.44. The summed E-state index contributed by atoms with van der Waals surface area (Å²) in [5.74, 6) is -1.35. The van der Waals surface area contributed by atoms with Crippen LogP contribution in [-0.2, 0) is 51.2 Å². The average Bonchev–Trinajstić information content (AvgIpc) is 3.76. The maximum Gasteiger partial charge on any atom is 0.407 e. The number of halogens is 3. The number of aliphatic hydroxyl groups is 1. The van der Waals surface area contributed by atoms with Crippen molar-refractivity contribution >= 4 is 50.8 Å². The molecule has 14 heteroatoms. The van der Waals surface area contributed by atoms with Crippen LogP contribution in [0.4, 0.5) is 24.5 Å². The van der Waals surface area contributed by atoms with Crippen LogP contribution in [0.15, 0.2) is 91.3 Å². The summed E-state index contributed by atoms with van der Waals surface area (Å²) in [5.41, 5.74) is 0.911. The predicted octanol–water partition coefficient (Wildman–Crippen LogP) is 8.98. The summed E-state index contributed by atoms with van der Waals surface area (Å²) in [6, 6.07) is 23.2. The van der Waals surface area contributed by atoms with E-state index in [0.29, 0.717) is 16.7 Å².